The molecule has 21 heavy (non-hydrogen) atoms. The van der Waals surface area contributed by atoms with E-state index in [1.165, 1.54) is 12.0 Å². The number of esters is 1. The number of carbonyl (C=O) groups is 3. The van der Waals surface area contributed by atoms with Crippen LogP contribution in [-0.4, -0.2) is 74.4 Å². The average molecular weight is 304 g/mol. The molecule has 0 rings (SSSR count). The van der Waals surface area contributed by atoms with E-state index in [9.17, 15) is 14.4 Å². The first-order chi connectivity index (χ1) is 9.99. The number of nitrogens with zero attached hydrogens (tertiary/aromatic N) is 1. The molecule has 0 aromatic rings. The highest BCUT2D eigenvalue weighted by atomic mass is 16.5. The molecule has 0 saturated heterocycles. The number of methoxy groups -OCH3 is 1. The van der Waals surface area contributed by atoms with Gasteiger partial charge in [-0.2, -0.15) is 0 Å². The SMILES string of the molecule is CCOC(=O)CCCNC(=O)CN(CCOC)CC(=O)O. The third-order valence-corrected chi connectivity index (χ3v) is 2.52. The molecule has 0 aromatic carbocycles. The summed E-state index contributed by atoms with van der Waals surface area (Å²) in [5.74, 6) is -1.57. The summed E-state index contributed by atoms with van der Waals surface area (Å²) in [7, 11) is 1.51. The molecular weight excluding hydrogens is 280 g/mol. The molecule has 0 fully saturated rings. The lowest BCUT2D eigenvalue weighted by molar-refractivity contribution is -0.143. The Bertz CT molecular complexity index is 335. The van der Waals surface area contributed by atoms with Crippen LogP contribution in [0.3, 0.4) is 0 Å². The minimum absolute atomic E-state index is 0.0188. The van der Waals surface area contributed by atoms with Crippen LogP contribution in [-0.2, 0) is 23.9 Å². The molecule has 0 bridgehead atoms. The molecule has 0 aromatic heterocycles. The fourth-order valence-electron chi connectivity index (χ4n) is 1.58. The van der Waals surface area contributed by atoms with Crippen LogP contribution >= 0.6 is 0 Å². The number of carbonyl (C=O) groups excluding carboxylic acids is 2. The molecule has 0 atom stereocenters. The minimum Gasteiger partial charge on any atom is -0.480 e. The molecule has 0 aliphatic carbocycles. The standard InChI is InChI=1S/C13H24N2O6/c1-3-21-13(19)5-4-6-14-11(16)9-15(7-8-20-2)10-12(17)18/h3-10H2,1-2H3,(H,14,16)(H,17,18). The van der Waals surface area contributed by atoms with Gasteiger partial charge in [0.15, 0.2) is 0 Å². The maximum absolute atomic E-state index is 11.7. The van der Waals surface area contributed by atoms with Crippen LogP contribution < -0.4 is 5.32 Å². The predicted octanol–water partition coefficient (Wildman–Crippen LogP) is -0.521. The van der Waals surface area contributed by atoms with Gasteiger partial charge in [0, 0.05) is 26.6 Å². The first-order valence-electron chi connectivity index (χ1n) is 6.85. The Labute approximate surface area is 124 Å². The lowest BCUT2D eigenvalue weighted by Crippen LogP contribution is -2.41. The molecule has 0 saturated carbocycles. The Morgan fingerprint density at radius 2 is 1.95 bits per heavy atom. The molecule has 0 aliphatic rings. The van der Waals surface area contributed by atoms with Gasteiger partial charge in [-0.3, -0.25) is 19.3 Å². The van der Waals surface area contributed by atoms with E-state index in [0.29, 0.717) is 32.7 Å². The smallest absolute Gasteiger partial charge is 0.317 e. The summed E-state index contributed by atoms with van der Waals surface area (Å²) in [5.41, 5.74) is 0. The fourth-order valence-corrected chi connectivity index (χ4v) is 1.58. The van der Waals surface area contributed by atoms with E-state index < -0.39 is 5.97 Å². The van der Waals surface area contributed by atoms with Gasteiger partial charge in [0.1, 0.15) is 0 Å². The van der Waals surface area contributed by atoms with Crippen molar-refractivity contribution in [1.82, 2.24) is 10.2 Å². The van der Waals surface area contributed by atoms with Crippen molar-refractivity contribution in [1.29, 1.82) is 0 Å². The van der Waals surface area contributed by atoms with Crippen LogP contribution in [0.5, 0.6) is 0 Å². The van der Waals surface area contributed by atoms with E-state index in [1.807, 2.05) is 0 Å². The molecule has 0 aliphatic heterocycles. The van der Waals surface area contributed by atoms with Gasteiger partial charge in [-0.05, 0) is 13.3 Å². The zero-order valence-electron chi connectivity index (χ0n) is 12.6. The van der Waals surface area contributed by atoms with Gasteiger partial charge < -0.3 is 19.9 Å². The highest BCUT2D eigenvalue weighted by Gasteiger charge is 2.13. The largest absolute Gasteiger partial charge is 0.480 e. The third kappa shape index (κ3) is 11.8. The molecule has 0 spiro atoms. The first kappa shape index (κ1) is 19.3. The third-order valence-electron chi connectivity index (χ3n) is 2.52. The minimum atomic E-state index is -0.999. The van der Waals surface area contributed by atoms with Crippen LogP contribution in [0.15, 0.2) is 0 Å². The van der Waals surface area contributed by atoms with Crippen molar-refractivity contribution >= 4 is 17.8 Å². The van der Waals surface area contributed by atoms with E-state index in [-0.39, 0.29) is 31.4 Å². The van der Waals surface area contributed by atoms with Crippen LogP contribution in [0.4, 0.5) is 0 Å². The quantitative estimate of drug-likeness (QED) is 0.369. The molecule has 8 heteroatoms. The van der Waals surface area contributed by atoms with Gasteiger partial charge in [0.05, 0.1) is 26.3 Å². The van der Waals surface area contributed by atoms with Crippen LogP contribution in [0, 0.1) is 0 Å². The summed E-state index contributed by atoms with van der Waals surface area (Å²) < 4.78 is 9.63. The maximum Gasteiger partial charge on any atom is 0.317 e. The highest BCUT2D eigenvalue weighted by molar-refractivity contribution is 5.79. The number of aliphatic carboxylic acids is 1. The Kier molecular flexibility index (Phi) is 11.1. The first-order valence-corrected chi connectivity index (χ1v) is 6.85. The molecule has 0 radical (unpaired) electrons. The van der Waals surface area contributed by atoms with E-state index in [0.717, 1.165) is 0 Å². The van der Waals surface area contributed by atoms with Crippen LogP contribution in [0.25, 0.3) is 0 Å². The van der Waals surface area contributed by atoms with Gasteiger partial charge >= 0.3 is 11.9 Å². The molecule has 0 unspecified atom stereocenters. The van der Waals surface area contributed by atoms with E-state index in [2.05, 4.69) is 5.32 Å². The Hall–Kier alpha value is -1.67. The number of hydrogen-bond acceptors (Lipinski definition) is 6. The summed E-state index contributed by atoms with van der Waals surface area (Å²) in [6, 6.07) is 0. The normalized spacial score (nSPS) is 10.4. The highest BCUT2D eigenvalue weighted by Crippen LogP contribution is 1.93. The zero-order chi connectivity index (χ0) is 16.1. The number of rotatable bonds is 12. The van der Waals surface area contributed by atoms with Crippen molar-refractivity contribution in [3.63, 3.8) is 0 Å². The van der Waals surface area contributed by atoms with Crippen molar-refractivity contribution < 1.29 is 29.0 Å². The Morgan fingerprint density at radius 1 is 1.24 bits per heavy atom. The molecule has 1 amide bonds. The van der Waals surface area contributed by atoms with Crippen molar-refractivity contribution in [2.24, 2.45) is 0 Å². The van der Waals surface area contributed by atoms with E-state index >= 15 is 0 Å². The fraction of sp³-hybridized carbons (Fsp3) is 0.769. The second-order valence-electron chi connectivity index (χ2n) is 4.36. The number of carboxylic acid groups (broad SMARTS) is 1. The second-order valence-corrected chi connectivity index (χ2v) is 4.36. The summed E-state index contributed by atoms with van der Waals surface area (Å²) >= 11 is 0. The second kappa shape index (κ2) is 12.1. The Morgan fingerprint density at radius 3 is 2.52 bits per heavy atom. The lowest BCUT2D eigenvalue weighted by Gasteiger charge is -2.19. The van der Waals surface area contributed by atoms with Crippen molar-refractivity contribution in [2.45, 2.75) is 19.8 Å². The Balaban J connectivity index is 3.91. The van der Waals surface area contributed by atoms with Crippen LogP contribution in [0.1, 0.15) is 19.8 Å². The van der Waals surface area contributed by atoms with Crippen molar-refractivity contribution in [3.8, 4) is 0 Å². The van der Waals surface area contributed by atoms with Gasteiger partial charge in [0.25, 0.3) is 0 Å². The summed E-state index contributed by atoms with van der Waals surface area (Å²) in [6.45, 7) is 2.89. The monoisotopic (exact) mass is 304 g/mol. The number of hydrogen-bond donors (Lipinski definition) is 2. The predicted molar refractivity (Wildman–Crippen MR) is 74.8 cm³/mol. The van der Waals surface area contributed by atoms with Crippen molar-refractivity contribution in [2.75, 3.05) is 46.5 Å². The number of ether oxygens (including phenoxy) is 2. The number of carboxylic acids is 1. The number of nitrogens with one attached hydrogen (secondary N) is 1. The average Bonchev–Trinajstić information content (AvgIpc) is 2.40. The maximum atomic E-state index is 11.7. The van der Waals surface area contributed by atoms with E-state index in [4.69, 9.17) is 14.6 Å². The van der Waals surface area contributed by atoms with Gasteiger partial charge in [-0.15, -0.1) is 0 Å². The number of amides is 1. The molecule has 0 heterocycles. The topological polar surface area (TPSA) is 105 Å². The van der Waals surface area contributed by atoms with Crippen LogP contribution in [0.2, 0.25) is 0 Å². The van der Waals surface area contributed by atoms with Gasteiger partial charge in [0.2, 0.25) is 5.91 Å². The summed E-state index contributed by atoms with van der Waals surface area (Å²) in [6.07, 6.45) is 0.734. The van der Waals surface area contributed by atoms with Crippen molar-refractivity contribution in [3.05, 3.63) is 0 Å². The van der Waals surface area contributed by atoms with Gasteiger partial charge in [-0.1, -0.05) is 0 Å². The molecule has 2 N–H and O–H groups in total. The molecule has 8 nitrogen and oxygen atoms in total. The molecular formula is C13H24N2O6. The molecule has 122 valence electrons. The zero-order valence-corrected chi connectivity index (χ0v) is 12.6. The summed E-state index contributed by atoms with van der Waals surface area (Å²) in [5, 5.41) is 11.4. The van der Waals surface area contributed by atoms with Gasteiger partial charge in [-0.25, -0.2) is 0 Å². The lowest BCUT2D eigenvalue weighted by atomic mass is 10.3. The summed E-state index contributed by atoms with van der Waals surface area (Å²) in [4.78, 5) is 34.9. The van der Waals surface area contributed by atoms with E-state index in [1.54, 1.807) is 6.92 Å².